The van der Waals surface area contributed by atoms with Crippen molar-refractivity contribution in [2.45, 2.75) is 44.9 Å². The van der Waals surface area contributed by atoms with E-state index in [2.05, 4.69) is 129 Å². The van der Waals surface area contributed by atoms with Crippen LogP contribution in [0.25, 0.3) is 33.8 Å². The summed E-state index contributed by atoms with van der Waals surface area (Å²) in [6.07, 6.45) is 17.9. The topological polar surface area (TPSA) is 25.8 Å². The van der Waals surface area contributed by atoms with Gasteiger partial charge in [-0.25, -0.2) is 9.97 Å². The number of allylic oxidation sites excluding steroid dienone is 8. The average Bonchev–Trinajstić information content (AvgIpc) is 3.02. The lowest BCUT2D eigenvalue weighted by atomic mass is 9.77. The van der Waals surface area contributed by atoms with E-state index in [0.717, 1.165) is 54.0 Å². The summed E-state index contributed by atoms with van der Waals surface area (Å²) >= 11 is 0. The molecule has 2 nitrogen and oxygen atoms in total. The van der Waals surface area contributed by atoms with Crippen LogP contribution in [0.1, 0.15) is 61.9 Å². The second-order valence-corrected chi connectivity index (χ2v) is 10.9. The second kappa shape index (κ2) is 10.8. The minimum absolute atomic E-state index is 0.122. The SMILES string of the molecule is CC(C)(c1ccc(C2=CCCC=C2)cc1)c1ccc(-c2nc(C3=CCCC=C3)cc(-c3ccccc3)n2)cc1. The van der Waals surface area contributed by atoms with Crippen LogP contribution in [-0.2, 0) is 5.41 Å². The van der Waals surface area contributed by atoms with Crippen LogP contribution in [0, 0.1) is 0 Å². The highest BCUT2D eigenvalue weighted by Crippen LogP contribution is 2.34. The normalized spacial score (nSPS) is 15.1. The quantitative estimate of drug-likeness (QED) is 0.260. The fourth-order valence-electron chi connectivity index (χ4n) is 5.39. The monoisotopic (exact) mass is 506 g/mol. The molecule has 0 amide bonds. The number of benzene rings is 3. The summed E-state index contributed by atoms with van der Waals surface area (Å²) in [5, 5.41) is 0. The highest BCUT2D eigenvalue weighted by atomic mass is 14.9. The first-order valence-corrected chi connectivity index (χ1v) is 14.0. The maximum atomic E-state index is 5.02. The zero-order valence-corrected chi connectivity index (χ0v) is 22.8. The molecule has 1 heterocycles. The summed E-state index contributed by atoms with van der Waals surface area (Å²) in [5.74, 6) is 0.758. The Morgan fingerprint density at radius 3 is 1.69 bits per heavy atom. The van der Waals surface area contributed by atoms with Crippen LogP contribution in [0.3, 0.4) is 0 Å². The number of aromatic nitrogens is 2. The number of nitrogens with zero attached hydrogens (tertiary/aromatic N) is 2. The molecule has 0 spiro atoms. The average molecular weight is 507 g/mol. The Morgan fingerprint density at radius 2 is 1.10 bits per heavy atom. The van der Waals surface area contributed by atoms with E-state index in [4.69, 9.17) is 9.97 Å². The lowest BCUT2D eigenvalue weighted by Gasteiger charge is -2.26. The Kier molecular flexibility index (Phi) is 6.94. The van der Waals surface area contributed by atoms with Gasteiger partial charge >= 0.3 is 0 Å². The van der Waals surface area contributed by atoms with Crippen LogP contribution in [0.4, 0.5) is 0 Å². The first-order chi connectivity index (χ1) is 19.1. The first kappa shape index (κ1) is 25.0. The van der Waals surface area contributed by atoms with Crippen molar-refractivity contribution in [2.24, 2.45) is 0 Å². The largest absolute Gasteiger partial charge is 0.228 e. The number of hydrogen-bond donors (Lipinski definition) is 0. The molecule has 4 aromatic rings. The predicted molar refractivity (Wildman–Crippen MR) is 164 cm³/mol. The molecule has 2 aliphatic rings. The van der Waals surface area contributed by atoms with E-state index in [1.807, 2.05) is 6.07 Å². The van der Waals surface area contributed by atoms with Gasteiger partial charge in [0.25, 0.3) is 0 Å². The van der Waals surface area contributed by atoms with Gasteiger partial charge < -0.3 is 0 Å². The van der Waals surface area contributed by atoms with Gasteiger partial charge in [0.15, 0.2) is 5.82 Å². The summed E-state index contributed by atoms with van der Waals surface area (Å²) in [5.41, 5.74) is 10.3. The molecule has 0 saturated heterocycles. The molecule has 6 rings (SSSR count). The highest BCUT2D eigenvalue weighted by Gasteiger charge is 2.23. The van der Waals surface area contributed by atoms with Gasteiger partial charge in [0.2, 0.25) is 0 Å². The van der Waals surface area contributed by atoms with Crippen molar-refractivity contribution in [3.63, 3.8) is 0 Å². The Hall–Kier alpha value is -4.30. The Bertz CT molecular complexity index is 1580. The zero-order chi connectivity index (χ0) is 26.7. The van der Waals surface area contributed by atoms with E-state index < -0.39 is 0 Å². The fraction of sp³-hybridized carbons (Fsp3) is 0.189. The third kappa shape index (κ3) is 5.33. The van der Waals surface area contributed by atoms with Crippen LogP contribution in [-0.4, -0.2) is 9.97 Å². The van der Waals surface area contributed by atoms with E-state index in [1.54, 1.807) is 0 Å². The highest BCUT2D eigenvalue weighted by molar-refractivity contribution is 5.77. The van der Waals surface area contributed by atoms with Crippen molar-refractivity contribution in [1.29, 1.82) is 0 Å². The van der Waals surface area contributed by atoms with Crippen molar-refractivity contribution in [3.8, 4) is 22.6 Å². The zero-order valence-electron chi connectivity index (χ0n) is 22.8. The van der Waals surface area contributed by atoms with Crippen LogP contribution < -0.4 is 0 Å². The molecule has 0 bridgehead atoms. The van der Waals surface area contributed by atoms with Crippen LogP contribution >= 0.6 is 0 Å². The molecule has 0 radical (unpaired) electrons. The van der Waals surface area contributed by atoms with E-state index in [1.165, 1.54) is 27.8 Å². The summed E-state index contributed by atoms with van der Waals surface area (Å²) in [6.45, 7) is 4.59. The third-order valence-electron chi connectivity index (χ3n) is 7.89. The molecule has 0 saturated carbocycles. The molecular weight excluding hydrogens is 472 g/mol. The Labute approximate surface area is 232 Å². The molecule has 2 heteroatoms. The van der Waals surface area contributed by atoms with Crippen molar-refractivity contribution < 1.29 is 0 Å². The molecular formula is C37H34N2. The van der Waals surface area contributed by atoms with Crippen LogP contribution in [0.2, 0.25) is 0 Å². The van der Waals surface area contributed by atoms with Crippen LogP contribution in [0.5, 0.6) is 0 Å². The number of rotatable bonds is 6. The Balaban J connectivity index is 1.32. The fourth-order valence-corrected chi connectivity index (χ4v) is 5.39. The van der Waals surface area contributed by atoms with Gasteiger partial charge in [-0.1, -0.05) is 129 Å². The summed E-state index contributed by atoms with van der Waals surface area (Å²) in [7, 11) is 0. The predicted octanol–water partition coefficient (Wildman–Crippen LogP) is 9.60. The molecule has 2 aliphatic carbocycles. The molecule has 0 fully saturated rings. The molecule has 192 valence electrons. The van der Waals surface area contributed by atoms with Crippen molar-refractivity contribution in [3.05, 3.63) is 144 Å². The molecule has 39 heavy (non-hydrogen) atoms. The molecule has 0 N–H and O–H groups in total. The smallest absolute Gasteiger partial charge is 0.160 e. The summed E-state index contributed by atoms with van der Waals surface area (Å²) in [4.78, 5) is 10.0. The lowest BCUT2D eigenvalue weighted by Crippen LogP contribution is -2.18. The first-order valence-electron chi connectivity index (χ1n) is 14.0. The van der Waals surface area contributed by atoms with E-state index in [-0.39, 0.29) is 5.41 Å². The van der Waals surface area contributed by atoms with E-state index >= 15 is 0 Å². The lowest BCUT2D eigenvalue weighted by molar-refractivity contribution is 0.641. The van der Waals surface area contributed by atoms with Gasteiger partial charge in [0, 0.05) is 16.5 Å². The van der Waals surface area contributed by atoms with Gasteiger partial charge in [-0.05, 0) is 59.6 Å². The molecule has 0 aliphatic heterocycles. The van der Waals surface area contributed by atoms with Gasteiger partial charge in [0.1, 0.15) is 0 Å². The van der Waals surface area contributed by atoms with E-state index in [9.17, 15) is 0 Å². The van der Waals surface area contributed by atoms with E-state index in [0.29, 0.717) is 0 Å². The van der Waals surface area contributed by atoms with Crippen molar-refractivity contribution >= 4 is 11.1 Å². The summed E-state index contributed by atoms with van der Waals surface area (Å²) < 4.78 is 0. The molecule has 3 aromatic carbocycles. The van der Waals surface area contributed by atoms with Gasteiger partial charge in [-0.3, -0.25) is 0 Å². The molecule has 1 aromatic heterocycles. The van der Waals surface area contributed by atoms with Crippen molar-refractivity contribution in [2.75, 3.05) is 0 Å². The minimum atomic E-state index is -0.122. The molecule has 0 atom stereocenters. The maximum Gasteiger partial charge on any atom is 0.160 e. The van der Waals surface area contributed by atoms with Gasteiger partial charge in [-0.2, -0.15) is 0 Å². The second-order valence-electron chi connectivity index (χ2n) is 10.9. The standard InChI is InChI=1S/C37H34N2/c1-37(2,32-22-18-28(19-23-32)27-12-6-3-7-13-27)33-24-20-31(21-25-33)36-38-34(29-14-8-4-9-15-29)26-35(39-36)30-16-10-5-11-17-30/h4,6,8-10,12-26H,3,5,7,11H2,1-2H3. The van der Waals surface area contributed by atoms with Crippen LogP contribution in [0.15, 0.2) is 121 Å². The maximum absolute atomic E-state index is 5.02. The molecule has 0 unspecified atom stereocenters. The minimum Gasteiger partial charge on any atom is -0.228 e. The van der Waals surface area contributed by atoms with Crippen molar-refractivity contribution in [1.82, 2.24) is 9.97 Å². The third-order valence-corrected chi connectivity index (χ3v) is 7.89. The van der Waals surface area contributed by atoms with Gasteiger partial charge in [-0.15, -0.1) is 0 Å². The summed E-state index contributed by atoms with van der Waals surface area (Å²) in [6, 6.07) is 30.3. The number of hydrogen-bond acceptors (Lipinski definition) is 2. The van der Waals surface area contributed by atoms with Gasteiger partial charge in [0.05, 0.1) is 11.4 Å². The Morgan fingerprint density at radius 1 is 0.538 bits per heavy atom.